The maximum absolute atomic E-state index is 15.2. The number of aromatic amines is 1. The molecule has 0 aliphatic carbocycles. The molecular weight excluding hydrogens is 1220 g/mol. The van der Waals surface area contributed by atoms with Gasteiger partial charge in [-0.05, 0) is 62.4 Å². The van der Waals surface area contributed by atoms with Gasteiger partial charge in [-0.25, -0.2) is 0 Å². The maximum atomic E-state index is 15.2. The van der Waals surface area contributed by atoms with E-state index >= 15 is 9.59 Å². The third-order valence-electron chi connectivity index (χ3n) is 15.4. The Hall–Kier alpha value is -7.68. The van der Waals surface area contributed by atoms with Crippen molar-refractivity contribution >= 4 is 91.7 Å². The van der Waals surface area contributed by atoms with E-state index in [0.29, 0.717) is 29.5 Å². The molecule has 10 atom stereocenters. The molecule has 30 heteroatoms. The number of nitrogens with two attached hydrogens (primary N) is 1. The summed E-state index contributed by atoms with van der Waals surface area (Å²) in [5, 5.41) is 73.0. The zero-order valence-corrected chi connectivity index (χ0v) is 52.6. The van der Waals surface area contributed by atoms with E-state index in [1.165, 1.54) is 13.8 Å². The number of fused-ring (bicyclic) bond motifs is 1. The number of aliphatic carboxylic acids is 2. The number of nitrogens with zero attached hydrogens (tertiary/aromatic N) is 3. The number of carbonyl (C=O) groups is 10. The lowest BCUT2D eigenvalue weighted by Gasteiger charge is -2.29. The van der Waals surface area contributed by atoms with Crippen molar-refractivity contribution in [3.05, 3.63) is 108 Å². The average molecular weight is 1300 g/mol. The highest BCUT2D eigenvalue weighted by Gasteiger charge is 2.37. The fraction of sp³-hybridized carbons (Fsp3) is 0.508. The zero-order chi connectivity index (χ0) is 66.0. The molecule has 0 radical (unpaired) electrons. The molecule has 4 aromatic rings. The zero-order valence-electron chi connectivity index (χ0n) is 50.9. The average Bonchev–Trinajstić information content (AvgIpc) is 2.59. The number of aliphatic hydroxyl groups excluding tert-OH is 3. The van der Waals surface area contributed by atoms with Crippen molar-refractivity contribution in [3.63, 3.8) is 0 Å². The normalized spacial score (nSPS) is 22.3. The summed E-state index contributed by atoms with van der Waals surface area (Å²) in [4.78, 5) is 149. The Labute approximate surface area is 535 Å². The lowest BCUT2D eigenvalue weighted by molar-refractivity contribution is -0.140. The van der Waals surface area contributed by atoms with Crippen molar-refractivity contribution in [2.45, 2.75) is 113 Å². The molecule has 91 heavy (non-hydrogen) atoms. The first-order chi connectivity index (χ1) is 43.6. The first kappa shape index (κ1) is 72.4. The van der Waals surface area contributed by atoms with Crippen molar-refractivity contribution in [1.29, 1.82) is 0 Å². The monoisotopic (exact) mass is 1300 g/mol. The van der Waals surface area contributed by atoms with Gasteiger partial charge in [-0.3, -0.25) is 62.6 Å². The molecule has 16 N–H and O–H groups in total. The summed E-state index contributed by atoms with van der Waals surface area (Å²) in [6, 6.07) is 12.9. The third kappa shape index (κ3) is 23.8. The smallest absolute Gasteiger partial charge is 0.317 e. The van der Waals surface area contributed by atoms with Gasteiger partial charge < -0.3 is 78.8 Å². The summed E-state index contributed by atoms with van der Waals surface area (Å²) in [5.41, 5.74) is 8.35. The topological polar surface area (TPSA) is 420 Å². The molecule has 3 aromatic carbocycles. The lowest BCUT2D eigenvalue weighted by Crippen LogP contribution is -2.62. The molecule has 2 aliphatic rings. The Kier molecular flexibility index (Phi) is 29.4. The summed E-state index contributed by atoms with van der Waals surface area (Å²) in [5.74, 6) is -9.67. The lowest BCUT2D eigenvalue weighted by atomic mass is 10.0. The number of unbranched alkanes of at least 4 members (excludes halogenated alkanes) is 1. The maximum Gasteiger partial charge on any atom is 0.317 e. The Balaban J connectivity index is 1.39. The van der Waals surface area contributed by atoms with Gasteiger partial charge in [-0.2, -0.15) is 0 Å². The van der Waals surface area contributed by atoms with Crippen LogP contribution in [-0.4, -0.2) is 249 Å². The van der Waals surface area contributed by atoms with Crippen LogP contribution in [0.4, 0.5) is 0 Å². The Morgan fingerprint density at radius 1 is 0.626 bits per heavy atom. The van der Waals surface area contributed by atoms with E-state index in [-0.39, 0.29) is 103 Å². The number of aromatic nitrogens is 1. The van der Waals surface area contributed by atoms with Crippen LogP contribution in [0.3, 0.4) is 0 Å². The number of carboxylic acids is 2. The van der Waals surface area contributed by atoms with Crippen LogP contribution in [0.25, 0.3) is 10.9 Å². The molecule has 4 unspecified atom stereocenters. The number of benzene rings is 3. The van der Waals surface area contributed by atoms with E-state index < -0.39 is 126 Å². The highest BCUT2D eigenvalue weighted by Crippen LogP contribution is 2.25. The summed E-state index contributed by atoms with van der Waals surface area (Å²) in [6.07, 6.45) is -0.864. The predicted octanol–water partition coefficient (Wildman–Crippen LogP) is -2.56. The molecular formula is C61H85N13O15S2. The molecule has 0 saturated carbocycles. The first-order valence-corrected chi connectivity index (χ1v) is 32.7. The minimum absolute atomic E-state index is 0.0182. The number of para-hydroxylation sites is 1. The second-order valence-corrected chi connectivity index (χ2v) is 25.2. The number of H-pyrrole nitrogens is 1. The summed E-state index contributed by atoms with van der Waals surface area (Å²) in [6.45, 7) is 2.52. The van der Waals surface area contributed by atoms with Gasteiger partial charge in [0.25, 0.3) is 0 Å². The van der Waals surface area contributed by atoms with Gasteiger partial charge in [0, 0.05) is 87.1 Å². The van der Waals surface area contributed by atoms with Crippen LogP contribution in [0.15, 0.2) is 91.1 Å². The molecule has 496 valence electrons. The number of hydrogen-bond donors (Lipinski definition) is 15. The number of hydrogen-bond acceptors (Lipinski definition) is 19. The summed E-state index contributed by atoms with van der Waals surface area (Å²) in [7, 11) is 1.90. The van der Waals surface area contributed by atoms with E-state index in [0.717, 1.165) is 32.5 Å². The molecule has 0 bridgehead atoms. The molecule has 2 fully saturated rings. The predicted molar refractivity (Wildman–Crippen MR) is 341 cm³/mol. The van der Waals surface area contributed by atoms with Gasteiger partial charge >= 0.3 is 11.9 Å². The number of rotatable bonds is 24. The molecule has 6 rings (SSSR count). The van der Waals surface area contributed by atoms with E-state index in [2.05, 4.69) is 47.5 Å². The Morgan fingerprint density at radius 2 is 1.16 bits per heavy atom. The van der Waals surface area contributed by atoms with Gasteiger partial charge in [0.15, 0.2) is 0 Å². The van der Waals surface area contributed by atoms with Crippen molar-refractivity contribution in [3.8, 4) is 0 Å². The Bertz CT molecular complexity index is 3050. The van der Waals surface area contributed by atoms with Crippen molar-refractivity contribution in [2.24, 2.45) is 5.73 Å². The number of carbonyl (C=O) groups excluding carboxylic acids is 8. The summed E-state index contributed by atoms with van der Waals surface area (Å²) >= 11 is 0. The number of aliphatic hydroxyl groups is 3. The minimum Gasteiger partial charge on any atom is -0.480 e. The third-order valence-corrected chi connectivity index (χ3v) is 17.9. The van der Waals surface area contributed by atoms with Crippen LogP contribution in [0.5, 0.6) is 0 Å². The van der Waals surface area contributed by atoms with Crippen LogP contribution in [0, 0.1) is 0 Å². The second-order valence-electron chi connectivity index (χ2n) is 22.6. The number of amides is 8. The SMILES string of the molecule is C[C@H](O)C1NC(=O)[C@H](CCCCN)NC(=O)C(Cc2c[nH]c3ccccc23)NC(=O)[C@H](Cc2ccccc2)NC(=O)C(NC(=O)[C@@H](Cc2ccccc2)NC(=O)CN2CCN(CC(=O)O)CCN(CC(=O)O)CC2)CSSCC(C(=O)N[C@@H](CO)[C@@H](C)O)NC1=O. The minimum atomic E-state index is -1.74. The molecule has 0 spiro atoms. The van der Waals surface area contributed by atoms with E-state index in [1.807, 2.05) is 18.2 Å². The highest BCUT2D eigenvalue weighted by molar-refractivity contribution is 8.76. The fourth-order valence-electron chi connectivity index (χ4n) is 10.3. The molecule has 2 saturated heterocycles. The van der Waals surface area contributed by atoms with Crippen molar-refractivity contribution in [2.75, 3.05) is 83.6 Å². The van der Waals surface area contributed by atoms with Gasteiger partial charge in [0.1, 0.15) is 42.3 Å². The van der Waals surface area contributed by atoms with Gasteiger partial charge in [0.05, 0.1) is 44.5 Å². The van der Waals surface area contributed by atoms with E-state index in [1.54, 1.807) is 87.6 Å². The van der Waals surface area contributed by atoms with Crippen molar-refractivity contribution in [1.82, 2.24) is 62.2 Å². The highest BCUT2D eigenvalue weighted by atomic mass is 33.1. The van der Waals surface area contributed by atoms with E-state index in [9.17, 15) is 63.9 Å². The fourth-order valence-corrected chi connectivity index (χ4v) is 12.6. The molecule has 3 heterocycles. The van der Waals surface area contributed by atoms with Crippen LogP contribution in [0.1, 0.15) is 49.8 Å². The van der Waals surface area contributed by atoms with Gasteiger partial charge in [-0.1, -0.05) is 100 Å². The molecule has 1 aromatic heterocycles. The van der Waals surface area contributed by atoms with Crippen molar-refractivity contribution < 1.29 is 73.5 Å². The molecule has 2 aliphatic heterocycles. The van der Waals surface area contributed by atoms with Crippen LogP contribution >= 0.6 is 21.6 Å². The Morgan fingerprint density at radius 3 is 1.75 bits per heavy atom. The molecule has 8 amide bonds. The first-order valence-electron chi connectivity index (χ1n) is 30.2. The van der Waals surface area contributed by atoms with Gasteiger partial charge in [0.2, 0.25) is 47.3 Å². The van der Waals surface area contributed by atoms with Crippen LogP contribution in [-0.2, 0) is 67.2 Å². The quantitative estimate of drug-likeness (QED) is 0.0253. The summed E-state index contributed by atoms with van der Waals surface area (Å²) < 4.78 is 0. The number of carboxylic acid groups (broad SMARTS) is 2. The standard InChI is InChI=1S/C61H85N13O15S2/c1-37(76)48(34-75)68-60(88)50-36-91-90-35-49(69-56(84)45(27-39-13-5-3-6-14-39)64-51(78)31-72-21-23-73(32-52(79)80)25-26-74(24-22-72)33-53(81)82)59(87)66-46(28-40-15-7-4-8-16-40)57(85)67-47(29-41-30-63-43-18-10-9-17-42(41)43)58(86)65-44(19-11-12-20-62)55(83)71-54(38(2)77)61(89)70-50/h3-10,13-18,30,37-38,44-50,54,63,75-77H,11-12,19-29,31-36,62H2,1-2H3,(H,64,78)(H,65,86)(H,66,87)(H,67,85)(H,68,88)(H,69,84)(H,70,89)(H,71,83)(H,79,80)(H,81,82)/t37-,38+,44+,45-,46+,47?,48+,49?,50?,54?/m1/s1. The van der Waals surface area contributed by atoms with Crippen LogP contribution < -0.4 is 48.3 Å². The molecule has 28 nitrogen and oxygen atoms in total. The van der Waals surface area contributed by atoms with Gasteiger partial charge in [-0.15, -0.1) is 0 Å². The number of nitrogens with one attached hydrogen (secondary N) is 9. The largest absolute Gasteiger partial charge is 0.480 e. The van der Waals surface area contributed by atoms with Crippen LogP contribution in [0.2, 0.25) is 0 Å². The van der Waals surface area contributed by atoms with E-state index in [4.69, 9.17) is 5.73 Å². The second kappa shape index (κ2) is 37.0.